The molecule has 5 heteroatoms. The maximum Gasteiger partial charge on any atom is 0.151 e. The molecule has 0 aliphatic heterocycles. The monoisotopic (exact) mass is 226 g/mol. The van der Waals surface area contributed by atoms with Crippen LogP contribution >= 0.6 is 11.8 Å². The summed E-state index contributed by atoms with van der Waals surface area (Å²) in [6.45, 7) is 2.11. The topological polar surface area (TPSA) is 54.4 Å². The van der Waals surface area contributed by atoms with E-state index in [1.54, 1.807) is 0 Å². The van der Waals surface area contributed by atoms with Gasteiger partial charge >= 0.3 is 0 Å². The first kappa shape index (κ1) is 13.3. The van der Waals surface area contributed by atoms with Crippen LogP contribution in [0, 0.1) is 0 Å². The first-order chi connectivity index (χ1) is 6.12. The molecule has 0 aliphatic carbocycles. The van der Waals surface area contributed by atoms with Crippen LogP contribution < -0.4 is 0 Å². The zero-order valence-corrected chi connectivity index (χ0v) is 9.66. The van der Waals surface area contributed by atoms with Crippen LogP contribution in [0.15, 0.2) is 0 Å². The molecule has 0 aromatic carbocycles. The molecule has 0 aliphatic rings. The van der Waals surface area contributed by atoms with E-state index in [0.29, 0.717) is 17.3 Å². The van der Waals surface area contributed by atoms with Crippen LogP contribution in [-0.2, 0) is 9.84 Å². The Labute approximate surface area is 84.8 Å². The van der Waals surface area contributed by atoms with E-state index in [-0.39, 0.29) is 12.4 Å². The second-order valence-corrected chi connectivity index (χ2v) is 6.37. The Morgan fingerprint density at radius 2 is 1.92 bits per heavy atom. The molecular formula is C8H18O3S2. The summed E-state index contributed by atoms with van der Waals surface area (Å²) in [7, 11) is -2.83. The summed E-state index contributed by atoms with van der Waals surface area (Å²) in [5, 5.41) is 8.47. The summed E-state index contributed by atoms with van der Waals surface area (Å²) in [6.07, 6.45) is 1.68. The van der Waals surface area contributed by atoms with Crippen molar-refractivity contribution in [3.8, 4) is 0 Å². The molecule has 3 nitrogen and oxygen atoms in total. The molecule has 0 fully saturated rings. The van der Waals surface area contributed by atoms with Crippen molar-refractivity contribution in [2.75, 3.05) is 29.6 Å². The fourth-order valence-electron chi connectivity index (χ4n) is 0.819. The third kappa shape index (κ3) is 8.59. The van der Waals surface area contributed by atoms with Crippen molar-refractivity contribution < 1.29 is 13.5 Å². The van der Waals surface area contributed by atoms with E-state index >= 15 is 0 Å². The SMILES string of the molecule is CCCCS(=O)(=O)CCSCCO. The van der Waals surface area contributed by atoms with E-state index in [2.05, 4.69) is 0 Å². The maximum absolute atomic E-state index is 11.3. The molecule has 0 aromatic heterocycles. The summed E-state index contributed by atoms with van der Waals surface area (Å²) in [4.78, 5) is 0. The van der Waals surface area contributed by atoms with Crippen molar-refractivity contribution in [3.05, 3.63) is 0 Å². The van der Waals surface area contributed by atoms with Crippen molar-refractivity contribution in [1.82, 2.24) is 0 Å². The molecule has 0 amide bonds. The quantitative estimate of drug-likeness (QED) is 0.626. The van der Waals surface area contributed by atoms with Gasteiger partial charge in [0.25, 0.3) is 0 Å². The van der Waals surface area contributed by atoms with E-state index < -0.39 is 9.84 Å². The minimum absolute atomic E-state index is 0.125. The Morgan fingerprint density at radius 1 is 1.23 bits per heavy atom. The van der Waals surface area contributed by atoms with Crippen molar-refractivity contribution in [2.45, 2.75) is 19.8 Å². The number of aliphatic hydroxyl groups is 1. The normalized spacial score (nSPS) is 11.8. The highest BCUT2D eigenvalue weighted by molar-refractivity contribution is 8.00. The van der Waals surface area contributed by atoms with Crippen LogP contribution in [0.1, 0.15) is 19.8 Å². The van der Waals surface area contributed by atoms with E-state index in [1.165, 1.54) is 11.8 Å². The molecule has 0 heterocycles. The van der Waals surface area contributed by atoms with Gasteiger partial charge in [0.2, 0.25) is 0 Å². The zero-order valence-electron chi connectivity index (χ0n) is 8.03. The van der Waals surface area contributed by atoms with Crippen LogP contribution in [0.25, 0.3) is 0 Å². The van der Waals surface area contributed by atoms with Gasteiger partial charge in [-0.1, -0.05) is 13.3 Å². The number of thioether (sulfide) groups is 1. The number of hydrogen-bond acceptors (Lipinski definition) is 4. The average molecular weight is 226 g/mol. The lowest BCUT2D eigenvalue weighted by atomic mass is 10.4. The smallest absolute Gasteiger partial charge is 0.151 e. The molecule has 0 rings (SSSR count). The third-order valence-corrected chi connectivity index (χ3v) is 4.54. The van der Waals surface area contributed by atoms with Gasteiger partial charge < -0.3 is 5.11 Å². The molecular weight excluding hydrogens is 208 g/mol. The minimum atomic E-state index is -2.83. The number of hydrogen-bond donors (Lipinski definition) is 1. The van der Waals surface area contributed by atoms with Crippen molar-refractivity contribution in [3.63, 3.8) is 0 Å². The van der Waals surface area contributed by atoms with Crippen LogP contribution in [0.2, 0.25) is 0 Å². The number of aliphatic hydroxyl groups excluding tert-OH is 1. The average Bonchev–Trinajstić information content (AvgIpc) is 2.09. The Morgan fingerprint density at radius 3 is 2.46 bits per heavy atom. The van der Waals surface area contributed by atoms with Gasteiger partial charge in [-0.15, -0.1) is 0 Å². The van der Waals surface area contributed by atoms with Gasteiger partial charge in [0.05, 0.1) is 18.1 Å². The molecule has 0 bridgehead atoms. The number of unbranched alkanes of at least 4 members (excludes halogenated alkanes) is 1. The Bertz CT molecular complexity index is 199. The Balaban J connectivity index is 3.52. The lowest BCUT2D eigenvalue weighted by Gasteiger charge is -2.02. The highest BCUT2D eigenvalue weighted by Crippen LogP contribution is 2.03. The van der Waals surface area contributed by atoms with E-state index in [4.69, 9.17) is 5.11 Å². The molecule has 0 atom stereocenters. The highest BCUT2D eigenvalue weighted by Gasteiger charge is 2.08. The van der Waals surface area contributed by atoms with Crippen molar-refractivity contribution in [1.29, 1.82) is 0 Å². The first-order valence-electron chi connectivity index (χ1n) is 4.51. The molecule has 0 saturated heterocycles. The Hall–Kier alpha value is 0.260. The second-order valence-electron chi connectivity index (χ2n) is 2.84. The summed E-state index contributed by atoms with van der Waals surface area (Å²) in [5.41, 5.74) is 0. The van der Waals surface area contributed by atoms with Gasteiger partial charge in [0, 0.05) is 11.5 Å². The fraction of sp³-hybridized carbons (Fsp3) is 1.00. The predicted octanol–water partition coefficient (Wildman–Crippen LogP) is 0.927. The van der Waals surface area contributed by atoms with Gasteiger partial charge in [-0.05, 0) is 6.42 Å². The molecule has 0 aromatic rings. The second kappa shape index (κ2) is 7.64. The van der Waals surface area contributed by atoms with Crippen LogP contribution in [0.3, 0.4) is 0 Å². The van der Waals surface area contributed by atoms with Crippen molar-refractivity contribution in [2.24, 2.45) is 0 Å². The van der Waals surface area contributed by atoms with Gasteiger partial charge in [0.15, 0.2) is 9.84 Å². The molecule has 0 saturated carbocycles. The van der Waals surface area contributed by atoms with E-state index in [1.807, 2.05) is 6.92 Å². The van der Waals surface area contributed by atoms with Gasteiger partial charge in [-0.2, -0.15) is 11.8 Å². The summed E-state index contributed by atoms with van der Waals surface area (Å²) >= 11 is 1.48. The minimum Gasteiger partial charge on any atom is -0.396 e. The molecule has 0 spiro atoms. The fourth-order valence-corrected chi connectivity index (χ4v) is 3.57. The predicted molar refractivity (Wildman–Crippen MR) is 58.0 cm³/mol. The third-order valence-electron chi connectivity index (χ3n) is 1.58. The molecule has 0 unspecified atom stereocenters. The highest BCUT2D eigenvalue weighted by atomic mass is 32.2. The Kier molecular flexibility index (Phi) is 7.80. The first-order valence-corrected chi connectivity index (χ1v) is 7.49. The molecule has 0 radical (unpaired) electrons. The van der Waals surface area contributed by atoms with Crippen LogP contribution in [-0.4, -0.2) is 43.1 Å². The number of sulfone groups is 1. The van der Waals surface area contributed by atoms with Crippen molar-refractivity contribution >= 4 is 21.6 Å². The molecule has 1 N–H and O–H groups in total. The lowest BCUT2D eigenvalue weighted by Crippen LogP contribution is -2.13. The van der Waals surface area contributed by atoms with E-state index in [0.717, 1.165) is 12.8 Å². The largest absolute Gasteiger partial charge is 0.396 e. The van der Waals surface area contributed by atoms with Gasteiger partial charge in [0.1, 0.15) is 0 Å². The van der Waals surface area contributed by atoms with Gasteiger partial charge in [-0.3, -0.25) is 0 Å². The van der Waals surface area contributed by atoms with Crippen LogP contribution in [0.4, 0.5) is 0 Å². The zero-order chi connectivity index (χ0) is 10.2. The molecule has 80 valence electrons. The van der Waals surface area contributed by atoms with Gasteiger partial charge in [-0.25, -0.2) is 8.42 Å². The molecule has 13 heavy (non-hydrogen) atoms. The number of rotatable bonds is 8. The van der Waals surface area contributed by atoms with Crippen LogP contribution in [0.5, 0.6) is 0 Å². The maximum atomic E-state index is 11.3. The summed E-state index contributed by atoms with van der Waals surface area (Å²) in [6, 6.07) is 0. The van der Waals surface area contributed by atoms with E-state index in [9.17, 15) is 8.42 Å². The standard InChI is InChI=1S/C8H18O3S2/c1-2-3-7-13(10,11)8-6-12-5-4-9/h9H,2-8H2,1H3. The lowest BCUT2D eigenvalue weighted by molar-refractivity contribution is 0.322. The summed E-state index contributed by atoms with van der Waals surface area (Å²) < 4.78 is 22.6. The summed E-state index contributed by atoms with van der Waals surface area (Å²) in [5.74, 6) is 1.79.